The highest BCUT2D eigenvalue weighted by Crippen LogP contribution is 2.27. The Balaban J connectivity index is 1.62. The summed E-state index contributed by atoms with van der Waals surface area (Å²) in [6.07, 6.45) is 0. The Labute approximate surface area is 169 Å². The van der Waals surface area contributed by atoms with Crippen molar-refractivity contribution in [1.82, 2.24) is 15.2 Å². The molecule has 5 nitrogen and oxygen atoms in total. The molecule has 28 heavy (non-hydrogen) atoms. The molecule has 144 valence electrons. The lowest BCUT2D eigenvalue weighted by molar-refractivity contribution is -0.130. The second-order valence-corrected chi connectivity index (χ2v) is 7.37. The lowest BCUT2D eigenvalue weighted by atomic mass is 10.2. The Hall–Kier alpha value is -2.99. The second-order valence-electron chi connectivity index (χ2n) is 6.38. The van der Waals surface area contributed by atoms with Gasteiger partial charge in [-0.25, -0.2) is 4.98 Å². The van der Waals surface area contributed by atoms with Gasteiger partial charge < -0.3 is 10.2 Å². The van der Waals surface area contributed by atoms with E-state index >= 15 is 0 Å². The first-order chi connectivity index (χ1) is 13.6. The van der Waals surface area contributed by atoms with Crippen LogP contribution in [-0.2, 0) is 11.3 Å². The number of likely N-dealkylation sites (N-methyl/N-ethyl adjacent to an activating group) is 1. The number of aryl methyl sites for hydroxylation is 1. The van der Waals surface area contributed by atoms with Gasteiger partial charge in [-0.3, -0.25) is 9.59 Å². The molecule has 1 N–H and O–H groups in total. The van der Waals surface area contributed by atoms with E-state index in [1.165, 1.54) is 11.3 Å². The van der Waals surface area contributed by atoms with Gasteiger partial charge in [-0.05, 0) is 19.4 Å². The van der Waals surface area contributed by atoms with Gasteiger partial charge in [0.2, 0.25) is 5.91 Å². The number of nitrogens with zero attached hydrogens (tertiary/aromatic N) is 2. The number of nitrogens with one attached hydrogen (secondary N) is 1. The molecule has 0 saturated heterocycles. The van der Waals surface area contributed by atoms with E-state index in [0.29, 0.717) is 23.7 Å². The van der Waals surface area contributed by atoms with E-state index in [2.05, 4.69) is 10.3 Å². The Bertz CT molecular complexity index is 939. The van der Waals surface area contributed by atoms with Gasteiger partial charge in [0.1, 0.15) is 9.88 Å². The highest BCUT2D eigenvalue weighted by molar-refractivity contribution is 7.17. The van der Waals surface area contributed by atoms with Crippen molar-refractivity contribution in [2.24, 2.45) is 0 Å². The monoisotopic (exact) mass is 393 g/mol. The van der Waals surface area contributed by atoms with Crippen LogP contribution in [0.25, 0.3) is 10.6 Å². The van der Waals surface area contributed by atoms with Crippen LogP contribution in [0.2, 0.25) is 0 Å². The van der Waals surface area contributed by atoms with E-state index in [-0.39, 0.29) is 18.4 Å². The molecule has 0 fully saturated rings. The minimum atomic E-state index is -0.263. The normalized spacial score (nSPS) is 10.5. The number of amides is 2. The zero-order valence-electron chi connectivity index (χ0n) is 16.0. The van der Waals surface area contributed by atoms with Gasteiger partial charge in [-0.15, -0.1) is 11.3 Å². The maximum absolute atomic E-state index is 12.6. The molecule has 6 heteroatoms. The van der Waals surface area contributed by atoms with Crippen LogP contribution < -0.4 is 5.32 Å². The summed E-state index contributed by atoms with van der Waals surface area (Å²) < 4.78 is 0. The average molecular weight is 394 g/mol. The van der Waals surface area contributed by atoms with Gasteiger partial charge >= 0.3 is 0 Å². The van der Waals surface area contributed by atoms with Gasteiger partial charge in [-0.2, -0.15) is 0 Å². The molecule has 0 aliphatic carbocycles. The van der Waals surface area contributed by atoms with Gasteiger partial charge in [0, 0.05) is 18.7 Å². The number of carbonyl (C=O) groups is 2. The quantitative estimate of drug-likeness (QED) is 0.662. The predicted octanol–water partition coefficient (Wildman–Crippen LogP) is 3.90. The predicted molar refractivity (Wildman–Crippen MR) is 112 cm³/mol. The summed E-state index contributed by atoms with van der Waals surface area (Å²) >= 11 is 1.34. The molecule has 2 amide bonds. The maximum atomic E-state index is 12.6. The van der Waals surface area contributed by atoms with Crippen LogP contribution in [0.15, 0.2) is 60.7 Å². The summed E-state index contributed by atoms with van der Waals surface area (Å²) in [5, 5.41) is 3.55. The smallest absolute Gasteiger partial charge is 0.263 e. The molecule has 1 aromatic heterocycles. The fourth-order valence-electron chi connectivity index (χ4n) is 2.84. The van der Waals surface area contributed by atoms with Crippen molar-refractivity contribution < 1.29 is 9.59 Å². The molecular weight excluding hydrogens is 370 g/mol. The first kappa shape index (κ1) is 19.8. The summed E-state index contributed by atoms with van der Waals surface area (Å²) in [6.45, 7) is 4.83. The van der Waals surface area contributed by atoms with E-state index < -0.39 is 0 Å². The highest BCUT2D eigenvalue weighted by Gasteiger charge is 2.18. The van der Waals surface area contributed by atoms with Gasteiger partial charge in [0.25, 0.3) is 5.91 Å². The SMILES string of the molecule is CCN(Cc1ccccc1)C(=O)CNC(=O)c1sc(-c2ccccc2)nc1C. The van der Waals surface area contributed by atoms with Crippen molar-refractivity contribution in [3.63, 3.8) is 0 Å². The van der Waals surface area contributed by atoms with Crippen molar-refractivity contribution in [2.45, 2.75) is 20.4 Å². The Morgan fingerprint density at radius 2 is 1.68 bits per heavy atom. The molecule has 0 aliphatic heterocycles. The van der Waals surface area contributed by atoms with Crippen molar-refractivity contribution >= 4 is 23.2 Å². The second kappa shape index (κ2) is 9.28. The summed E-state index contributed by atoms with van der Waals surface area (Å²) in [6, 6.07) is 19.6. The number of aromatic nitrogens is 1. The van der Waals surface area contributed by atoms with Gasteiger partial charge in [0.15, 0.2) is 0 Å². The van der Waals surface area contributed by atoms with Crippen molar-refractivity contribution in [2.75, 3.05) is 13.1 Å². The summed E-state index contributed by atoms with van der Waals surface area (Å²) in [5.41, 5.74) is 2.71. The summed E-state index contributed by atoms with van der Waals surface area (Å²) in [4.78, 5) is 31.9. The van der Waals surface area contributed by atoms with Crippen LogP contribution in [-0.4, -0.2) is 34.8 Å². The third-order valence-corrected chi connectivity index (χ3v) is 5.58. The molecule has 3 rings (SSSR count). The lowest BCUT2D eigenvalue weighted by Crippen LogP contribution is -2.39. The fourth-order valence-corrected chi connectivity index (χ4v) is 3.83. The van der Waals surface area contributed by atoms with Crippen LogP contribution in [0.4, 0.5) is 0 Å². The third kappa shape index (κ3) is 4.84. The molecule has 0 spiro atoms. The fraction of sp³-hybridized carbons (Fsp3) is 0.227. The number of hydrogen-bond acceptors (Lipinski definition) is 4. The average Bonchev–Trinajstić information content (AvgIpc) is 3.13. The Kier molecular flexibility index (Phi) is 6.55. The number of hydrogen-bond donors (Lipinski definition) is 1. The van der Waals surface area contributed by atoms with Crippen molar-refractivity contribution in [3.05, 3.63) is 76.8 Å². The van der Waals surface area contributed by atoms with Gasteiger partial charge in [-0.1, -0.05) is 60.7 Å². The Morgan fingerprint density at radius 3 is 2.32 bits per heavy atom. The summed E-state index contributed by atoms with van der Waals surface area (Å²) in [5.74, 6) is -0.369. The van der Waals surface area contributed by atoms with Crippen LogP contribution in [0.1, 0.15) is 27.9 Å². The Morgan fingerprint density at radius 1 is 1.04 bits per heavy atom. The zero-order chi connectivity index (χ0) is 19.9. The largest absolute Gasteiger partial charge is 0.342 e. The molecule has 0 bridgehead atoms. The van der Waals surface area contributed by atoms with Crippen molar-refractivity contribution in [1.29, 1.82) is 0 Å². The molecule has 1 heterocycles. The van der Waals surface area contributed by atoms with Crippen LogP contribution in [0.5, 0.6) is 0 Å². The minimum absolute atomic E-state index is 0.0302. The first-order valence-electron chi connectivity index (χ1n) is 9.21. The molecule has 2 aromatic carbocycles. The van der Waals surface area contributed by atoms with E-state index in [0.717, 1.165) is 16.1 Å². The molecular formula is C22H23N3O2S. The van der Waals surface area contributed by atoms with E-state index in [9.17, 15) is 9.59 Å². The van der Waals surface area contributed by atoms with Crippen LogP contribution >= 0.6 is 11.3 Å². The highest BCUT2D eigenvalue weighted by atomic mass is 32.1. The molecule has 3 aromatic rings. The minimum Gasteiger partial charge on any atom is -0.342 e. The third-order valence-electron chi connectivity index (χ3n) is 4.37. The first-order valence-corrected chi connectivity index (χ1v) is 10.0. The lowest BCUT2D eigenvalue weighted by Gasteiger charge is -2.21. The van der Waals surface area contributed by atoms with E-state index in [1.54, 1.807) is 4.90 Å². The maximum Gasteiger partial charge on any atom is 0.263 e. The summed E-state index contributed by atoms with van der Waals surface area (Å²) in [7, 11) is 0. The number of benzene rings is 2. The molecule has 0 radical (unpaired) electrons. The number of carbonyl (C=O) groups excluding carboxylic acids is 2. The topological polar surface area (TPSA) is 62.3 Å². The van der Waals surface area contributed by atoms with Crippen molar-refractivity contribution in [3.8, 4) is 10.6 Å². The molecule has 0 unspecified atom stereocenters. The number of rotatable bonds is 7. The van der Waals surface area contributed by atoms with Crippen LogP contribution in [0.3, 0.4) is 0 Å². The molecule has 0 saturated carbocycles. The van der Waals surface area contributed by atoms with E-state index in [1.807, 2.05) is 74.5 Å². The molecule has 0 aliphatic rings. The zero-order valence-corrected chi connectivity index (χ0v) is 16.8. The molecule has 0 atom stereocenters. The van der Waals surface area contributed by atoms with Crippen LogP contribution in [0, 0.1) is 6.92 Å². The number of thiazole rings is 1. The van der Waals surface area contributed by atoms with E-state index in [4.69, 9.17) is 0 Å². The standard InChI is InChI=1S/C22H23N3O2S/c1-3-25(15-17-10-6-4-7-11-17)19(26)14-23-21(27)20-16(2)24-22(28-20)18-12-8-5-9-13-18/h4-13H,3,14-15H2,1-2H3,(H,23,27). The van der Waals surface area contributed by atoms with Gasteiger partial charge in [0.05, 0.1) is 12.2 Å².